The second kappa shape index (κ2) is 4.56. The highest BCUT2D eigenvalue weighted by molar-refractivity contribution is 7.80. The van der Waals surface area contributed by atoms with Crippen molar-refractivity contribution < 1.29 is 4.79 Å². The Hall–Kier alpha value is -0.180. The van der Waals surface area contributed by atoms with Gasteiger partial charge in [0.2, 0.25) is 5.91 Å². The van der Waals surface area contributed by atoms with Crippen molar-refractivity contribution >= 4 is 18.5 Å². The molecule has 0 spiro atoms. The van der Waals surface area contributed by atoms with Crippen LogP contribution in [-0.2, 0) is 4.79 Å². The van der Waals surface area contributed by atoms with Crippen LogP contribution in [0, 0.1) is 5.41 Å². The molecule has 2 nitrogen and oxygen atoms in total. The third kappa shape index (κ3) is 2.66. The van der Waals surface area contributed by atoms with Gasteiger partial charge in [-0.3, -0.25) is 4.79 Å². The van der Waals surface area contributed by atoms with E-state index in [-0.39, 0.29) is 5.41 Å². The number of nitrogens with zero attached hydrogens (tertiary/aromatic N) is 1. The average molecular weight is 215 g/mol. The van der Waals surface area contributed by atoms with Crippen molar-refractivity contribution in [2.45, 2.75) is 46.1 Å². The van der Waals surface area contributed by atoms with Crippen LogP contribution in [0.2, 0.25) is 0 Å². The van der Waals surface area contributed by atoms with Crippen LogP contribution in [0.4, 0.5) is 0 Å². The summed E-state index contributed by atoms with van der Waals surface area (Å²) in [6, 6.07) is 0.322. The average Bonchev–Trinajstić information content (AvgIpc) is 2.86. The maximum Gasteiger partial charge on any atom is 0.223 e. The third-order valence-corrected chi connectivity index (χ3v) is 3.77. The summed E-state index contributed by atoms with van der Waals surface area (Å²) < 4.78 is 0. The molecule has 0 radical (unpaired) electrons. The summed E-state index contributed by atoms with van der Waals surface area (Å²) >= 11 is 4.32. The molecule has 0 heterocycles. The molecule has 0 atom stereocenters. The number of carbonyl (C=O) groups is 1. The molecule has 1 saturated carbocycles. The van der Waals surface area contributed by atoms with Crippen LogP contribution in [-0.4, -0.2) is 29.1 Å². The zero-order valence-electron chi connectivity index (χ0n) is 9.42. The van der Waals surface area contributed by atoms with Crippen molar-refractivity contribution in [2.75, 3.05) is 12.3 Å². The third-order valence-electron chi connectivity index (χ3n) is 3.10. The summed E-state index contributed by atoms with van der Waals surface area (Å²) in [6.07, 6.45) is 3.05. The van der Waals surface area contributed by atoms with Crippen LogP contribution in [0.5, 0.6) is 0 Å². The number of rotatable bonds is 5. The van der Waals surface area contributed by atoms with Gasteiger partial charge in [-0.25, -0.2) is 0 Å². The van der Waals surface area contributed by atoms with Crippen LogP contribution < -0.4 is 0 Å². The summed E-state index contributed by atoms with van der Waals surface area (Å²) in [6.45, 7) is 7.00. The Morgan fingerprint density at radius 2 is 2.07 bits per heavy atom. The molecule has 0 aromatic carbocycles. The van der Waals surface area contributed by atoms with Crippen molar-refractivity contribution in [1.29, 1.82) is 0 Å². The maximum absolute atomic E-state index is 11.9. The van der Waals surface area contributed by atoms with Crippen LogP contribution >= 0.6 is 12.6 Å². The van der Waals surface area contributed by atoms with Crippen molar-refractivity contribution in [3.05, 3.63) is 0 Å². The first-order valence-electron chi connectivity index (χ1n) is 5.45. The number of carbonyl (C=O) groups excluding carboxylic acids is 1. The van der Waals surface area contributed by atoms with E-state index in [0.29, 0.717) is 18.4 Å². The number of thiol groups is 1. The fourth-order valence-corrected chi connectivity index (χ4v) is 2.25. The maximum atomic E-state index is 11.9. The first-order chi connectivity index (χ1) is 6.54. The van der Waals surface area contributed by atoms with Crippen molar-refractivity contribution in [3.63, 3.8) is 0 Å². The van der Waals surface area contributed by atoms with Gasteiger partial charge in [-0.05, 0) is 44.8 Å². The van der Waals surface area contributed by atoms with Crippen LogP contribution in [0.25, 0.3) is 0 Å². The summed E-state index contributed by atoms with van der Waals surface area (Å²) in [5.74, 6) is 1.16. The molecule has 0 bridgehead atoms. The molecule has 1 aliphatic carbocycles. The van der Waals surface area contributed by atoms with E-state index in [1.165, 1.54) is 12.8 Å². The van der Waals surface area contributed by atoms with Crippen LogP contribution in [0.1, 0.15) is 40.0 Å². The minimum absolute atomic E-state index is 0.252. The molecule has 3 heteroatoms. The Balaban J connectivity index is 2.48. The molecular weight excluding hydrogens is 194 g/mol. The predicted octanol–water partition coefficient (Wildman–Crippen LogP) is 2.34. The van der Waals surface area contributed by atoms with E-state index in [1.807, 2.05) is 11.8 Å². The first kappa shape index (κ1) is 11.9. The van der Waals surface area contributed by atoms with E-state index in [4.69, 9.17) is 0 Å². The van der Waals surface area contributed by atoms with E-state index >= 15 is 0 Å². The van der Waals surface area contributed by atoms with Crippen molar-refractivity contribution in [1.82, 2.24) is 4.90 Å². The lowest BCUT2D eigenvalue weighted by atomic mass is 10.0. The Morgan fingerprint density at radius 3 is 2.36 bits per heavy atom. The van der Waals surface area contributed by atoms with Gasteiger partial charge in [0.25, 0.3) is 0 Å². The Morgan fingerprint density at radius 1 is 1.50 bits per heavy atom. The monoisotopic (exact) mass is 215 g/mol. The van der Waals surface area contributed by atoms with Gasteiger partial charge in [-0.15, -0.1) is 0 Å². The van der Waals surface area contributed by atoms with Crippen LogP contribution in [0.15, 0.2) is 0 Å². The molecule has 0 unspecified atom stereocenters. The van der Waals surface area contributed by atoms with E-state index < -0.39 is 0 Å². The number of hydrogen-bond donors (Lipinski definition) is 1. The van der Waals surface area contributed by atoms with E-state index in [9.17, 15) is 4.79 Å². The largest absolute Gasteiger partial charge is 0.341 e. The molecule has 1 rings (SSSR count). The van der Waals surface area contributed by atoms with Crippen LogP contribution in [0.3, 0.4) is 0 Å². The van der Waals surface area contributed by atoms with Gasteiger partial charge in [-0.2, -0.15) is 12.6 Å². The molecule has 0 aromatic heterocycles. The molecule has 1 aliphatic rings. The molecule has 1 fully saturated rings. The van der Waals surface area contributed by atoms with E-state index in [1.54, 1.807) is 0 Å². The lowest BCUT2D eigenvalue weighted by Crippen LogP contribution is -2.38. The van der Waals surface area contributed by atoms with E-state index in [0.717, 1.165) is 12.3 Å². The van der Waals surface area contributed by atoms with Gasteiger partial charge in [0, 0.05) is 19.0 Å². The lowest BCUT2D eigenvalue weighted by molar-refractivity contribution is -0.133. The molecule has 0 saturated heterocycles. The van der Waals surface area contributed by atoms with Gasteiger partial charge in [-0.1, -0.05) is 0 Å². The van der Waals surface area contributed by atoms with E-state index in [2.05, 4.69) is 26.5 Å². The van der Waals surface area contributed by atoms with Gasteiger partial charge in [0.05, 0.1) is 0 Å². The smallest absolute Gasteiger partial charge is 0.223 e. The van der Waals surface area contributed by atoms with Gasteiger partial charge < -0.3 is 4.90 Å². The standard InChI is InChI=1S/C11H21NOS/c1-4-12(9(2)3)10(13)7-11(8-14)5-6-11/h9,14H,4-8H2,1-3H3. The summed E-state index contributed by atoms with van der Waals surface area (Å²) in [4.78, 5) is 13.9. The quantitative estimate of drug-likeness (QED) is 0.698. The first-order valence-corrected chi connectivity index (χ1v) is 6.08. The molecular formula is C11H21NOS. The summed E-state index contributed by atoms with van der Waals surface area (Å²) in [7, 11) is 0. The van der Waals surface area contributed by atoms with Gasteiger partial charge in [0.1, 0.15) is 0 Å². The van der Waals surface area contributed by atoms with Gasteiger partial charge in [0.15, 0.2) is 0 Å². The zero-order chi connectivity index (χ0) is 10.8. The summed E-state index contributed by atoms with van der Waals surface area (Å²) in [5, 5.41) is 0. The molecule has 0 aliphatic heterocycles. The minimum atomic E-state index is 0.252. The van der Waals surface area contributed by atoms with Gasteiger partial charge >= 0.3 is 0 Å². The molecule has 0 aromatic rings. The lowest BCUT2D eigenvalue weighted by Gasteiger charge is -2.27. The Labute approximate surface area is 92.5 Å². The number of hydrogen-bond acceptors (Lipinski definition) is 2. The summed E-state index contributed by atoms with van der Waals surface area (Å²) in [5.41, 5.74) is 0.252. The second-order valence-corrected chi connectivity index (χ2v) is 4.92. The predicted molar refractivity (Wildman–Crippen MR) is 62.7 cm³/mol. The Kier molecular flexibility index (Phi) is 3.87. The SMILES string of the molecule is CCN(C(=O)CC1(CS)CC1)C(C)C. The molecule has 0 N–H and O–H groups in total. The topological polar surface area (TPSA) is 20.3 Å². The van der Waals surface area contributed by atoms with Crippen molar-refractivity contribution in [3.8, 4) is 0 Å². The molecule has 82 valence electrons. The Bertz CT molecular complexity index is 211. The second-order valence-electron chi connectivity index (χ2n) is 4.61. The fourth-order valence-electron chi connectivity index (χ4n) is 1.82. The molecule has 14 heavy (non-hydrogen) atoms. The highest BCUT2D eigenvalue weighted by Crippen LogP contribution is 2.49. The van der Waals surface area contributed by atoms with Crippen molar-refractivity contribution in [2.24, 2.45) is 5.41 Å². The highest BCUT2D eigenvalue weighted by Gasteiger charge is 2.43. The minimum Gasteiger partial charge on any atom is -0.341 e. The number of amides is 1. The zero-order valence-corrected chi connectivity index (χ0v) is 10.3. The highest BCUT2D eigenvalue weighted by atomic mass is 32.1. The normalized spacial score (nSPS) is 18.4. The molecule has 1 amide bonds. The fraction of sp³-hybridized carbons (Fsp3) is 0.909.